The fourth-order valence-electron chi connectivity index (χ4n) is 1.97. The molecule has 2 N–H and O–H groups in total. The Balaban J connectivity index is 0.00000288. The number of halogens is 3. The lowest BCUT2D eigenvalue weighted by molar-refractivity contribution is 0.0950. The number of hydrogen-bond acceptors (Lipinski definition) is 4. The Morgan fingerprint density at radius 2 is 1.88 bits per heavy atom. The first-order valence-electron chi connectivity index (χ1n) is 7.49. The number of benzene rings is 1. The first kappa shape index (κ1) is 23.7. The second kappa shape index (κ2) is 12.1. The van der Waals surface area contributed by atoms with Gasteiger partial charge in [0.2, 0.25) is 5.88 Å². The summed E-state index contributed by atoms with van der Waals surface area (Å²) in [5.74, 6) is 1.000. The Kier molecular flexibility index (Phi) is 11.4. The number of aromatic nitrogens is 1. The molecule has 1 amide bonds. The maximum atomic E-state index is 12.0. The van der Waals surface area contributed by atoms with E-state index in [2.05, 4.69) is 31.5 Å². The van der Waals surface area contributed by atoms with Gasteiger partial charge in [-0.3, -0.25) is 4.79 Å². The van der Waals surface area contributed by atoms with E-state index in [0.717, 1.165) is 11.0 Å². The second-order valence-corrected chi connectivity index (χ2v) is 6.03. The number of ether oxygens (including phenoxy) is 1. The molecule has 0 bridgehead atoms. The molecular weight excluding hydrogens is 429 g/mol. The Morgan fingerprint density at radius 1 is 1.20 bits per heavy atom. The van der Waals surface area contributed by atoms with Crippen LogP contribution in [0.2, 0.25) is 0 Å². The lowest BCUT2D eigenvalue weighted by Gasteiger charge is -2.13. The molecule has 2 rings (SSSR count). The Bertz CT molecular complexity index is 639. The van der Waals surface area contributed by atoms with Crippen molar-refractivity contribution in [2.24, 2.45) is 0 Å². The molecule has 1 aromatic heterocycles. The monoisotopic (exact) mass is 449 g/mol. The SMILES string of the molecule is CCN[C@H](C)CNC(=O)c1ccc(Oc2ccc(Br)cc2)nc1.Cl.Cl. The van der Waals surface area contributed by atoms with Crippen LogP contribution in [0.3, 0.4) is 0 Å². The molecule has 0 aliphatic heterocycles. The van der Waals surface area contributed by atoms with Crippen molar-refractivity contribution in [3.8, 4) is 11.6 Å². The van der Waals surface area contributed by atoms with Crippen LogP contribution >= 0.6 is 40.7 Å². The molecule has 0 saturated heterocycles. The average molecular weight is 451 g/mol. The van der Waals surface area contributed by atoms with Gasteiger partial charge in [0.05, 0.1) is 5.56 Å². The van der Waals surface area contributed by atoms with Crippen LogP contribution < -0.4 is 15.4 Å². The summed E-state index contributed by atoms with van der Waals surface area (Å²) < 4.78 is 6.61. The van der Waals surface area contributed by atoms with Gasteiger partial charge in [0, 0.05) is 29.3 Å². The molecule has 0 aliphatic carbocycles. The number of amides is 1. The van der Waals surface area contributed by atoms with Gasteiger partial charge in [0.25, 0.3) is 5.91 Å². The van der Waals surface area contributed by atoms with E-state index in [9.17, 15) is 4.79 Å². The lowest BCUT2D eigenvalue weighted by atomic mass is 10.2. The van der Waals surface area contributed by atoms with Gasteiger partial charge in [0.1, 0.15) is 5.75 Å². The summed E-state index contributed by atoms with van der Waals surface area (Å²) in [6.07, 6.45) is 1.52. The normalized spacial score (nSPS) is 10.8. The van der Waals surface area contributed by atoms with Crippen LogP contribution in [0.4, 0.5) is 0 Å². The van der Waals surface area contributed by atoms with Crippen molar-refractivity contribution in [3.63, 3.8) is 0 Å². The zero-order chi connectivity index (χ0) is 16.7. The van der Waals surface area contributed by atoms with Crippen LogP contribution in [0.5, 0.6) is 11.6 Å². The molecule has 8 heteroatoms. The Morgan fingerprint density at radius 3 is 2.44 bits per heavy atom. The van der Waals surface area contributed by atoms with Gasteiger partial charge in [-0.15, -0.1) is 24.8 Å². The van der Waals surface area contributed by atoms with E-state index in [4.69, 9.17) is 4.74 Å². The van der Waals surface area contributed by atoms with E-state index in [0.29, 0.717) is 23.7 Å². The first-order chi connectivity index (χ1) is 11.1. The standard InChI is InChI=1S/C17H20BrN3O2.2ClH/c1-3-19-12(2)10-21-17(22)13-4-9-16(20-11-13)23-15-7-5-14(18)6-8-15;;/h4-9,11-12,19H,3,10H2,1-2H3,(H,21,22);2*1H/t12-;;/m1../s1. The molecule has 0 fully saturated rings. The molecule has 1 aromatic carbocycles. The maximum absolute atomic E-state index is 12.0. The highest BCUT2D eigenvalue weighted by Gasteiger charge is 2.08. The average Bonchev–Trinajstić information content (AvgIpc) is 2.56. The van der Waals surface area contributed by atoms with Gasteiger partial charge < -0.3 is 15.4 Å². The molecule has 0 radical (unpaired) electrons. The number of likely N-dealkylation sites (N-methyl/N-ethyl adjacent to an activating group) is 1. The zero-order valence-corrected chi connectivity index (χ0v) is 17.2. The van der Waals surface area contributed by atoms with Crippen molar-refractivity contribution in [3.05, 3.63) is 52.6 Å². The first-order valence-corrected chi connectivity index (χ1v) is 8.29. The number of hydrogen-bond donors (Lipinski definition) is 2. The minimum absolute atomic E-state index is 0. The van der Waals surface area contributed by atoms with Crippen molar-refractivity contribution in [1.29, 1.82) is 0 Å². The Labute approximate surface area is 168 Å². The highest BCUT2D eigenvalue weighted by Crippen LogP contribution is 2.21. The van der Waals surface area contributed by atoms with Gasteiger partial charge in [0.15, 0.2) is 0 Å². The van der Waals surface area contributed by atoms with E-state index in [1.165, 1.54) is 6.20 Å². The van der Waals surface area contributed by atoms with Gasteiger partial charge >= 0.3 is 0 Å². The highest BCUT2D eigenvalue weighted by molar-refractivity contribution is 9.10. The quantitative estimate of drug-likeness (QED) is 0.663. The third-order valence-corrected chi connectivity index (χ3v) is 3.68. The number of nitrogens with zero attached hydrogens (tertiary/aromatic N) is 1. The van der Waals surface area contributed by atoms with E-state index in [1.54, 1.807) is 12.1 Å². The lowest BCUT2D eigenvalue weighted by Crippen LogP contribution is -2.38. The van der Waals surface area contributed by atoms with E-state index < -0.39 is 0 Å². The topological polar surface area (TPSA) is 63.2 Å². The highest BCUT2D eigenvalue weighted by atomic mass is 79.9. The summed E-state index contributed by atoms with van der Waals surface area (Å²) in [5.41, 5.74) is 0.511. The molecule has 25 heavy (non-hydrogen) atoms. The number of carbonyl (C=O) groups is 1. The van der Waals surface area contributed by atoms with Gasteiger partial charge in [-0.1, -0.05) is 22.9 Å². The molecular formula is C17H22BrCl2N3O2. The van der Waals surface area contributed by atoms with Crippen LogP contribution in [-0.4, -0.2) is 30.0 Å². The van der Waals surface area contributed by atoms with Crippen molar-refractivity contribution < 1.29 is 9.53 Å². The van der Waals surface area contributed by atoms with Crippen molar-refractivity contribution in [1.82, 2.24) is 15.6 Å². The minimum Gasteiger partial charge on any atom is -0.439 e. The second-order valence-electron chi connectivity index (χ2n) is 5.11. The predicted octanol–water partition coefficient (Wildman–Crippen LogP) is 4.21. The molecule has 0 saturated carbocycles. The van der Waals surface area contributed by atoms with E-state index in [-0.39, 0.29) is 36.8 Å². The summed E-state index contributed by atoms with van der Waals surface area (Å²) in [5, 5.41) is 6.11. The zero-order valence-electron chi connectivity index (χ0n) is 14.0. The summed E-state index contributed by atoms with van der Waals surface area (Å²) >= 11 is 3.37. The molecule has 138 valence electrons. The molecule has 5 nitrogen and oxygen atoms in total. The number of nitrogens with one attached hydrogen (secondary N) is 2. The smallest absolute Gasteiger partial charge is 0.252 e. The molecule has 0 spiro atoms. The Hall–Kier alpha value is -1.34. The summed E-state index contributed by atoms with van der Waals surface area (Å²) in [6.45, 7) is 5.51. The predicted molar refractivity (Wildman–Crippen MR) is 108 cm³/mol. The van der Waals surface area contributed by atoms with Crippen LogP contribution in [-0.2, 0) is 0 Å². The van der Waals surface area contributed by atoms with Gasteiger partial charge in [-0.2, -0.15) is 0 Å². The minimum atomic E-state index is -0.141. The summed E-state index contributed by atoms with van der Waals surface area (Å²) in [4.78, 5) is 16.2. The largest absolute Gasteiger partial charge is 0.439 e. The molecule has 1 heterocycles. The summed E-state index contributed by atoms with van der Waals surface area (Å²) in [7, 11) is 0. The molecule has 0 unspecified atom stereocenters. The fraction of sp³-hybridized carbons (Fsp3) is 0.294. The van der Waals surface area contributed by atoms with E-state index >= 15 is 0 Å². The van der Waals surface area contributed by atoms with Crippen LogP contribution in [0.25, 0.3) is 0 Å². The third-order valence-electron chi connectivity index (χ3n) is 3.16. The fourth-order valence-corrected chi connectivity index (χ4v) is 2.23. The van der Waals surface area contributed by atoms with Crippen molar-refractivity contribution in [2.45, 2.75) is 19.9 Å². The molecule has 2 aromatic rings. The molecule has 0 aliphatic rings. The number of rotatable bonds is 7. The van der Waals surface area contributed by atoms with Crippen molar-refractivity contribution >= 4 is 46.7 Å². The van der Waals surface area contributed by atoms with Gasteiger partial charge in [-0.05, 0) is 43.8 Å². The number of pyridine rings is 1. The van der Waals surface area contributed by atoms with Crippen LogP contribution in [0.1, 0.15) is 24.2 Å². The van der Waals surface area contributed by atoms with Crippen LogP contribution in [0, 0.1) is 0 Å². The number of carbonyl (C=O) groups excluding carboxylic acids is 1. The van der Waals surface area contributed by atoms with Crippen LogP contribution in [0.15, 0.2) is 47.1 Å². The van der Waals surface area contributed by atoms with Gasteiger partial charge in [-0.25, -0.2) is 4.98 Å². The summed E-state index contributed by atoms with van der Waals surface area (Å²) in [6, 6.07) is 11.1. The maximum Gasteiger partial charge on any atom is 0.252 e. The van der Waals surface area contributed by atoms with E-state index in [1.807, 2.05) is 38.1 Å². The molecule has 1 atom stereocenters. The third kappa shape index (κ3) is 8.05. The van der Waals surface area contributed by atoms with Crippen molar-refractivity contribution in [2.75, 3.05) is 13.1 Å².